The highest BCUT2D eigenvalue weighted by Gasteiger charge is 2.19. The van der Waals surface area contributed by atoms with Gasteiger partial charge in [0.2, 0.25) is 12.7 Å². The van der Waals surface area contributed by atoms with Crippen LogP contribution < -0.4 is 14.8 Å². The summed E-state index contributed by atoms with van der Waals surface area (Å²) in [5, 5.41) is 3.40. The van der Waals surface area contributed by atoms with Gasteiger partial charge in [-0.05, 0) is 43.5 Å². The van der Waals surface area contributed by atoms with Crippen LogP contribution in [-0.2, 0) is 22.4 Å². The third kappa shape index (κ3) is 4.16. The molecule has 2 aromatic rings. The lowest BCUT2D eigenvalue weighted by molar-refractivity contribution is -0.116. The van der Waals surface area contributed by atoms with Crippen molar-refractivity contribution in [3.8, 4) is 11.5 Å². The number of carbonyl (C=O) groups excluding carboxylic acids is 2. The molecule has 0 saturated heterocycles. The van der Waals surface area contributed by atoms with Gasteiger partial charge in [0.25, 0.3) is 0 Å². The number of esters is 1. The molecule has 1 N–H and O–H groups in total. The summed E-state index contributed by atoms with van der Waals surface area (Å²) in [7, 11) is 0. The average Bonchev–Trinajstić information content (AvgIpc) is 3.26. The van der Waals surface area contributed by atoms with Gasteiger partial charge in [0.1, 0.15) is 5.00 Å². The molecule has 0 aliphatic carbocycles. The number of aryl methyl sites for hydroxylation is 2. The van der Waals surface area contributed by atoms with E-state index in [4.69, 9.17) is 14.2 Å². The Balaban J connectivity index is 1.62. The summed E-state index contributed by atoms with van der Waals surface area (Å²) in [6.07, 6.45) is 1.68. The second-order valence-corrected chi connectivity index (χ2v) is 6.90. The highest BCUT2D eigenvalue weighted by molar-refractivity contribution is 7.16. The molecule has 2 heterocycles. The topological polar surface area (TPSA) is 73.9 Å². The van der Waals surface area contributed by atoms with Crippen molar-refractivity contribution in [3.63, 3.8) is 0 Å². The molecule has 1 aromatic carbocycles. The Bertz CT molecular complexity index is 814. The Morgan fingerprint density at radius 3 is 2.77 bits per heavy atom. The van der Waals surface area contributed by atoms with E-state index in [1.807, 2.05) is 25.1 Å². The minimum Gasteiger partial charge on any atom is -0.462 e. The number of thiophene rings is 1. The first-order chi connectivity index (χ1) is 12.6. The zero-order chi connectivity index (χ0) is 18.5. The first kappa shape index (κ1) is 18.3. The molecule has 1 aliphatic heterocycles. The lowest BCUT2D eigenvalue weighted by atomic mass is 10.1. The third-order valence-corrected chi connectivity index (χ3v) is 5.15. The first-order valence-corrected chi connectivity index (χ1v) is 9.40. The molecule has 0 fully saturated rings. The van der Waals surface area contributed by atoms with Crippen LogP contribution in [-0.4, -0.2) is 25.3 Å². The summed E-state index contributed by atoms with van der Waals surface area (Å²) >= 11 is 1.41. The number of amides is 1. The SMILES string of the molecule is CCOC(=O)c1cc(CC)sc1NC(=O)CCc1ccc2c(c1)OCO2. The molecular weight excluding hydrogens is 354 g/mol. The molecule has 0 spiro atoms. The molecular formula is C19H21NO5S. The summed E-state index contributed by atoms with van der Waals surface area (Å²) in [5.74, 6) is 0.883. The number of hydrogen-bond acceptors (Lipinski definition) is 6. The standard InChI is InChI=1S/C19H21NO5S/c1-3-13-10-14(19(22)23-4-2)18(26-13)20-17(21)8-6-12-5-7-15-16(9-12)25-11-24-15/h5,7,9-10H,3-4,6,8,11H2,1-2H3,(H,20,21). The molecule has 0 atom stereocenters. The van der Waals surface area contributed by atoms with Gasteiger partial charge in [0.15, 0.2) is 11.5 Å². The van der Waals surface area contributed by atoms with E-state index in [9.17, 15) is 9.59 Å². The molecule has 1 aliphatic rings. The lowest BCUT2D eigenvalue weighted by Crippen LogP contribution is -2.14. The van der Waals surface area contributed by atoms with Gasteiger partial charge in [0.05, 0.1) is 12.2 Å². The summed E-state index contributed by atoms with van der Waals surface area (Å²) in [4.78, 5) is 25.4. The fraction of sp³-hybridized carbons (Fsp3) is 0.368. The predicted octanol–water partition coefficient (Wildman–Crippen LogP) is 3.79. The molecule has 0 radical (unpaired) electrons. The summed E-state index contributed by atoms with van der Waals surface area (Å²) in [6, 6.07) is 7.45. The number of hydrogen-bond donors (Lipinski definition) is 1. The number of nitrogens with one attached hydrogen (secondary N) is 1. The molecule has 1 aromatic heterocycles. The first-order valence-electron chi connectivity index (χ1n) is 8.59. The molecule has 0 bridgehead atoms. The van der Waals surface area contributed by atoms with Crippen LogP contribution in [0.2, 0.25) is 0 Å². The molecule has 138 valence electrons. The minimum absolute atomic E-state index is 0.141. The number of carbonyl (C=O) groups is 2. The largest absolute Gasteiger partial charge is 0.462 e. The van der Waals surface area contributed by atoms with Gasteiger partial charge < -0.3 is 19.5 Å². The van der Waals surface area contributed by atoms with Crippen molar-refractivity contribution in [1.29, 1.82) is 0 Å². The highest BCUT2D eigenvalue weighted by Crippen LogP contribution is 2.33. The number of benzene rings is 1. The monoisotopic (exact) mass is 375 g/mol. The summed E-state index contributed by atoms with van der Waals surface area (Å²) in [6.45, 7) is 4.29. The number of ether oxygens (including phenoxy) is 3. The van der Waals surface area contributed by atoms with Crippen molar-refractivity contribution in [2.45, 2.75) is 33.1 Å². The Morgan fingerprint density at radius 1 is 1.19 bits per heavy atom. The van der Waals surface area contributed by atoms with Crippen molar-refractivity contribution in [2.24, 2.45) is 0 Å². The van der Waals surface area contributed by atoms with Crippen LogP contribution in [0.1, 0.15) is 41.1 Å². The second kappa shape index (κ2) is 8.23. The molecule has 7 heteroatoms. The normalized spacial score (nSPS) is 12.1. The average molecular weight is 375 g/mol. The van der Waals surface area contributed by atoms with Crippen LogP contribution in [0.15, 0.2) is 24.3 Å². The fourth-order valence-electron chi connectivity index (χ4n) is 2.61. The maximum absolute atomic E-state index is 12.3. The van der Waals surface area contributed by atoms with Crippen LogP contribution in [0.4, 0.5) is 5.00 Å². The van der Waals surface area contributed by atoms with E-state index in [1.165, 1.54) is 11.3 Å². The number of fused-ring (bicyclic) bond motifs is 1. The van der Waals surface area contributed by atoms with Gasteiger partial charge in [-0.25, -0.2) is 4.79 Å². The van der Waals surface area contributed by atoms with Gasteiger partial charge in [-0.15, -0.1) is 11.3 Å². The van der Waals surface area contributed by atoms with Gasteiger partial charge in [-0.1, -0.05) is 13.0 Å². The van der Waals surface area contributed by atoms with E-state index < -0.39 is 5.97 Å². The van der Waals surface area contributed by atoms with Crippen LogP contribution in [0.5, 0.6) is 11.5 Å². The van der Waals surface area contributed by atoms with Crippen molar-refractivity contribution in [1.82, 2.24) is 0 Å². The van der Waals surface area contributed by atoms with Crippen molar-refractivity contribution in [3.05, 3.63) is 40.3 Å². The van der Waals surface area contributed by atoms with E-state index in [0.717, 1.165) is 22.6 Å². The van der Waals surface area contributed by atoms with E-state index in [-0.39, 0.29) is 12.7 Å². The Hall–Kier alpha value is -2.54. The Morgan fingerprint density at radius 2 is 2.00 bits per heavy atom. The van der Waals surface area contributed by atoms with Crippen LogP contribution in [0.3, 0.4) is 0 Å². The zero-order valence-corrected chi connectivity index (χ0v) is 15.6. The zero-order valence-electron chi connectivity index (χ0n) is 14.8. The van der Waals surface area contributed by atoms with E-state index in [1.54, 1.807) is 13.0 Å². The molecule has 3 rings (SSSR count). The quantitative estimate of drug-likeness (QED) is 0.746. The fourth-order valence-corrected chi connectivity index (χ4v) is 3.61. The van der Waals surface area contributed by atoms with Gasteiger partial charge in [-0.3, -0.25) is 4.79 Å². The summed E-state index contributed by atoms with van der Waals surface area (Å²) in [5.41, 5.74) is 1.42. The molecule has 0 unspecified atom stereocenters. The van der Waals surface area contributed by atoms with Crippen LogP contribution >= 0.6 is 11.3 Å². The van der Waals surface area contributed by atoms with Crippen molar-refractivity contribution < 1.29 is 23.8 Å². The third-order valence-electron chi connectivity index (χ3n) is 3.96. The minimum atomic E-state index is -0.408. The molecule has 0 saturated carbocycles. The Kier molecular flexibility index (Phi) is 5.78. The van der Waals surface area contributed by atoms with E-state index in [2.05, 4.69) is 5.32 Å². The maximum atomic E-state index is 12.3. The van der Waals surface area contributed by atoms with Crippen molar-refractivity contribution >= 4 is 28.2 Å². The molecule has 6 nitrogen and oxygen atoms in total. The highest BCUT2D eigenvalue weighted by atomic mass is 32.1. The molecule has 26 heavy (non-hydrogen) atoms. The Labute approximate surface area is 156 Å². The smallest absolute Gasteiger partial charge is 0.341 e. The molecule has 1 amide bonds. The number of anilines is 1. The van der Waals surface area contributed by atoms with Crippen molar-refractivity contribution in [2.75, 3.05) is 18.7 Å². The van der Waals surface area contributed by atoms with Gasteiger partial charge in [0, 0.05) is 11.3 Å². The maximum Gasteiger partial charge on any atom is 0.341 e. The predicted molar refractivity (Wildman–Crippen MR) is 99.2 cm³/mol. The van der Waals surface area contributed by atoms with Crippen LogP contribution in [0.25, 0.3) is 0 Å². The second-order valence-electron chi connectivity index (χ2n) is 5.77. The summed E-state index contributed by atoms with van der Waals surface area (Å²) < 4.78 is 15.7. The number of rotatable bonds is 7. The van der Waals surface area contributed by atoms with Gasteiger partial charge in [-0.2, -0.15) is 0 Å². The van der Waals surface area contributed by atoms with Crippen LogP contribution in [0, 0.1) is 0 Å². The van der Waals surface area contributed by atoms with E-state index in [0.29, 0.717) is 35.8 Å². The van der Waals surface area contributed by atoms with E-state index >= 15 is 0 Å². The lowest BCUT2D eigenvalue weighted by Gasteiger charge is -2.07. The van der Waals surface area contributed by atoms with Gasteiger partial charge >= 0.3 is 5.97 Å².